The van der Waals surface area contributed by atoms with E-state index in [1.165, 1.54) is 10.9 Å². The Morgan fingerprint density at radius 1 is 1.35 bits per heavy atom. The van der Waals surface area contributed by atoms with E-state index in [1.807, 2.05) is 36.5 Å². The molecule has 0 spiro atoms. The van der Waals surface area contributed by atoms with Crippen LogP contribution < -0.4 is 0 Å². The SMILES string of the molecule is CO[C@@H]1CN(C(=O)CCc2c[nH]c3ccccc23)C[C@H]1c1cn(C)nn1. The summed E-state index contributed by atoms with van der Waals surface area (Å²) in [4.78, 5) is 17.9. The van der Waals surface area contributed by atoms with Crippen LogP contribution in [0.15, 0.2) is 36.7 Å². The van der Waals surface area contributed by atoms with Gasteiger partial charge < -0.3 is 14.6 Å². The summed E-state index contributed by atoms with van der Waals surface area (Å²) in [6.07, 6.45) is 5.08. The molecule has 1 aliphatic heterocycles. The number of hydrogen-bond donors (Lipinski definition) is 1. The maximum absolute atomic E-state index is 12.7. The van der Waals surface area contributed by atoms with Crippen LogP contribution in [0.3, 0.4) is 0 Å². The molecule has 1 aliphatic rings. The second-order valence-electron chi connectivity index (χ2n) is 6.86. The number of likely N-dealkylation sites (tertiary alicyclic amines) is 1. The third-order valence-corrected chi connectivity index (χ3v) is 5.21. The summed E-state index contributed by atoms with van der Waals surface area (Å²) in [6.45, 7) is 1.23. The Hall–Kier alpha value is -2.67. The van der Waals surface area contributed by atoms with E-state index in [0.717, 1.165) is 17.6 Å². The normalized spacial score (nSPS) is 20.2. The zero-order chi connectivity index (χ0) is 18.1. The largest absolute Gasteiger partial charge is 0.379 e. The van der Waals surface area contributed by atoms with Crippen LogP contribution in [-0.2, 0) is 23.0 Å². The van der Waals surface area contributed by atoms with Gasteiger partial charge in [0.2, 0.25) is 5.91 Å². The Morgan fingerprint density at radius 2 is 2.19 bits per heavy atom. The van der Waals surface area contributed by atoms with E-state index in [-0.39, 0.29) is 17.9 Å². The molecule has 0 unspecified atom stereocenters. The number of carbonyl (C=O) groups is 1. The van der Waals surface area contributed by atoms with E-state index >= 15 is 0 Å². The van der Waals surface area contributed by atoms with Gasteiger partial charge >= 0.3 is 0 Å². The van der Waals surface area contributed by atoms with Gasteiger partial charge in [-0.3, -0.25) is 9.48 Å². The van der Waals surface area contributed by atoms with Crippen molar-refractivity contribution in [2.75, 3.05) is 20.2 Å². The lowest BCUT2D eigenvalue weighted by atomic mass is 10.0. The number of aromatic amines is 1. The minimum Gasteiger partial charge on any atom is -0.379 e. The van der Waals surface area contributed by atoms with Crippen LogP contribution in [0, 0.1) is 0 Å². The molecule has 1 saturated heterocycles. The van der Waals surface area contributed by atoms with Gasteiger partial charge in [0.1, 0.15) is 0 Å². The maximum Gasteiger partial charge on any atom is 0.223 e. The van der Waals surface area contributed by atoms with Crippen LogP contribution in [-0.4, -0.2) is 57.1 Å². The topological polar surface area (TPSA) is 76.0 Å². The van der Waals surface area contributed by atoms with Crippen molar-refractivity contribution in [1.29, 1.82) is 0 Å². The molecule has 0 saturated carbocycles. The Morgan fingerprint density at radius 3 is 2.96 bits per heavy atom. The van der Waals surface area contributed by atoms with Gasteiger partial charge in [0, 0.05) is 57.0 Å². The highest BCUT2D eigenvalue weighted by Gasteiger charge is 2.37. The highest BCUT2D eigenvalue weighted by atomic mass is 16.5. The van der Waals surface area contributed by atoms with Crippen LogP contribution in [0.25, 0.3) is 10.9 Å². The molecule has 26 heavy (non-hydrogen) atoms. The van der Waals surface area contributed by atoms with Crippen molar-refractivity contribution < 1.29 is 9.53 Å². The second kappa shape index (κ2) is 6.92. The van der Waals surface area contributed by atoms with Crippen molar-refractivity contribution in [3.05, 3.63) is 47.9 Å². The van der Waals surface area contributed by atoms with E-state index in [2.05, 4.69) is 27.4 Å². The van der Waals surface area contributed by atoms with Gasteiger partial charge in [-0.15, -0.1) is 5.10 Å². The quantitative estimate of drug-likeness (QED) is 0.760. The Bertz CT molecular complexity index is 915. The molecule has 2 aromatic heterocycles. The molecule has 0 bridgehead atoms. The number of ether oxygens (including phenoxy) is 1. The van der Waals surface area contributed by atoms with Crippen molar-refractivity contribution in [3.8, 4) is 0 Å². The van der Waals surface area contributed by atoms with Crippen molar-refractivity contribution >= 4 is 16.8 Å². The molecule has 1 amide bonds. The summed E-state index contributed by atoms with van der Waals surface area (Å²) >= 11 is 0. The number of nitrogens with one attached hydrogen (secondary N) is 1. The lowest BCUT2D eigenvalue weighted by molar-refractivity contribution is -0.130. The fourth-order valence-electron chi connectivity index (χ4n) is 3.77. The molecule has 0 radical (unpaired) electrons. The molecule has 2 atom stereocenters. The Kier molecular flexibility index (Phi) is 4.46. The first-order valence-corrected chi connectivity index (χ1v) is 8.87. The first-order valence-electron chi connectivity index (χ1n) is 8.87. The number of H-pyrrole nitrogens is 1. The summed E-state index contributed by atoms with van der Waals surface area (Å²) in [5.41, 5.74) is 3.17. The van der Waals surface area contributed by atoms with E-state index in [1.54, 1.807) is 11.8 Å². The zero-order valence-electron chi connectivity index (χ0n) is 15.1. The minimum atomic E-state index is -0.0382. The highest BCUT2D eigenvalue weighted by molar-refractivity contribution is 5.84. The van der Waals surface area contributed by atoms with Gasteiger partial charge in [-0.25, -0.2) is 0 Å². The van der Waals surface area contributed by atoms with E-state index in [9.17, 15) is 4.79 Å². The van der Waals surface area contributed by atoms with Crippen molar-refractivity contribution in [1.82, 2.24) is 24.9 Å². The van der Waals surface area contributed by atoms with E-state index in [4.69, 9.17) is 4.74 Å². The molecular formula is C19H23N5O2. The number of aryl methyl sites for hydroxylation is 2. The number of benzene rings is 1. The fraction of sp³-hybridized carbons (Fsp3) is 0.421. The third-order valence-electron chi connectivity index (χ3n) is 5.21. The van der Waals surface area contributed by atoms with Gasteiger partial charge in [0.05, 0.1) is 17.7 Å². The van der Waals surface area contributed by atoms with Crippen LogP contribution in [0.1, 0.15) is 23.6 Å². The molecule has 7 heteroatoms. The average Bonchev–Trinajstić information content (AvgIpc) is 3.37. The summed E-state index contributed by atoms with van der Waals surface area (Å²) in [5.74, 6) is 0.231. The molecule has 0 aliphatic carbocycles. The summed E-state index contributed by atoms with van der Waals surface area (Å²) in [7, 11) is 3.53. The fourth-order valence-corrected chi connectivity index (χ4v) is 3.77. The molecule has 1 aromatic carbocycles. The number of hydrogen-bond acceptors (Lipinski definition) is 4. The summed E-state index contributed by atoms with van der Waals surface area (Å²) in [6, 6.07) is 8.18. The Labute approximate surface area is 151 Å². The predicted octanol–water partition coefficient (Wildman–Crippen LogP) is 1.87. The first kappa shape index (κ1) is 16.8. The monoisotopic (exact) mass is 353 g/mol. The van der Waals surface area contributed by atoms with Crippen molar-refractivity contribution in [2.45, 2.75) is 24.9 Å². The lowest BCUT2D eigenvalue weighted by Gasteiger charge is -2.15. The third kappa shape index (κ3) is 3.10. The van der Waals surface area contributed by atoms with Gasteiger partial charge in [-0.1, -0.05) is 23.4 Å². The highest BCUT2D eigenvalue weighted by Crippen LogP contribution is 2.29. The molecule has 1 N–H and O–H groups in total. The summed E-state index contributed by atoms with van der Waals surface area (Å²) in [5, 5.41) is 9.39. The number of nitrogens with zero attached hydrogens (tertiary/aromatic N) is 4. The Balaban J connectivity index is 1.42. The number of methoxy groups -OCH3 is 1. The molecule has 7 nitrogen and oxygen atoms in total. The van der Waals surface area contributed by atoms with E-state index in [0.29, 0.717) is 19.5 Å². The standard InChI is InChI=1S/C19H23N5O2/c1-23-11-17(21-22-23)15-10-24(12-18(15)26-2)19(25)8-7-13-9-20-16-6-4-3-5-14(13)16/h3-6,9,11,15,18,20H,7-8,10,12H2,1-2H3/t15-,18+/m0/s1. The van der Waals surface area contributed by atoms with Gasteiger partial charge in [-0.2, -0.15) is 0 Å². The maximum atomic E-state index is 12.7. The predicted molar refractivity (Wildman–Crippen MR) is 97.7 cm³/mol. The lowest BCUT2D eigenvalue weighted by Crippen LogP contribution is -2.30. The average molecular weight is 353 g/mol. The first-order chi connectivity index (χ1) is 12.7. The van der Waals surface area contributed by atoms with E-state index < -0.39 is 0 Å². The van der Waals surface area contributed by atoms with Crippen LogP contribution >= 0.6 is 0 Å². The molecule has 3 aromatic rings. The molecule has 4 rings (SSSR count). The number of fused-ring (bicyclic) bond motifs is 1. The summed E-state index contributed by atoms with van der Waals surface area (Å²) < 4.78 is 7.28. The molecule has 136 valence electrons. The number of para-hydroxylation sites is 1. The number of amides is 1. The van der Waals surface area contributed by atoms with Crippen LogP contribution in [0.4, 0.5) is 0 Å². The zero-order valence-corrected chi connectivity index (χ0v) is 15.1. The minimum absolute atomic E-state index is 0.0382. The number of aromatic nitrogens is 4. The second-order valence-corrected chi connectivity index (χ2v) is 6.86. The number of carbonyl (C=O) groups excluding carboxylic acids is 1. The van der Waals surface area contributed by atoms with Gasteiger partial charge in [-0.05, 0) is 18.1 Å². The van der Waals surface area contributed by atoms with Crippen molar-refractivity contribution in [2.24, 2.45) is 7.05 Å². The van der Waals surface area contributed by atoms with Crippen LogP contribution in [0.2, 0.25) is 0 Å². The number of rotatable bonds is 5. The smallest absolute Gasteiger partial charge is 0.223 e. The van der Waals surface area contributed by atoms with Crippen LogP contribution in [0.5, 0.6) is 0 Å². The molecule has 1 fully saturated rings. The van der Waals surface area contributed by atoms with Gasteiger partial charge in [0.25, 0.3) is 0 Å². The molecule has 3 heterocycles. The van der Waals surface area contributed by atoms with Gasteiger partial charge in [0.15, 0.2) is 0 Å². The van der Waals surface area contributed by atoms with Crippen molar-refractivity contribution in [3.63, 3.8) is 0 Å². The molecular weight excluding hydrogens is 330 g/mol.